The predicted molar refractivity (Wildman–Crippen MR) is 146 cm³/mol. The van der Waals surface area contributed by atoms with E-state index in [1.165, 1.54) is 44.5 Å². The van der Waals surface area contributed by atoms with Crippen LogP contribution in [-0.2, 0) is 21.3 Å². The van der Waals surface area contributed by atoms with Crippen molar-refractivity contribution < 1.29 is 46.1 Å². The normalized spacial score (nSPS) is 14.1. The van der Waals surface area contributed by atoms with Crippen LogP contribution in [0.3, 0.4) is 0 Å². The van der Waals surface area contributed by atoms with E-state index in [4.69, 9.17) is 0 Å². The van der Waals surface area contributed by atoms with Crippen molar-refractivity contribution in [2.75, 3.05) is 0 Å². The quantitative estimate of drug-likeness (QED) is 0.429. The summed E-state index contributed by atoms with van der Waals surface area (Å²) in [5.74, 6) is 0. The van der Waals surface area contributed by atoms with E-state index in [9.17, 15) is 0 Å². The van der Waals surface area contributed by atoms with Gasteiger partial charge in [-0.05, 0) is 0 Å². The Morgan fingerprint density at radius 1 is 0.778 bits per heavy atom. The zero-order valence-corrected chi connectivity index (χ0v) is 25.2. The van der Waals surface area contributed by atoms with Crippen molar-refractivity contribution >= 4 is 15.9 Å². The van der Waals surface area contributed by atoms with Gasteiger partial charge in [0, 0.05) is 0 Å². The SMILES string of the molecule is C=Cc1ccc2c(c1)-c1cc(C=C)ccc1[CH]2/[Zr+2](=[CH]/c1ccccc1)[C]1=CC(C(C)(C)C)=CC1.[Cl-].[Cl-]. The Bertz CT molecular complexity index is 1330. The number of allylic oxidation sites excluding steroid dienone is 4. The summed E-state index contributed by atoms with van der Waals surface area (Å²) in [5.41, 5.74) is 11.2. The Hall–Kier alpha value is -2.05. The van der Waals surface area contributed by atoms with Crippen molar-refractivity contribution in [1.82, 2.24) is 0 Å². The van der Waals surface area contributed by atoms with Crippen LogP contribution in [0.2, 0.25) is 0 Å². The van der Waals surface area contributed by atoms with Crippen molar-refractivity contribution in [2.24, 2.45) is 5.41 Å². The third-order valence-electron chi connectivity index (χ3n) is 7.08. The van der Waals surface area contributed by atoms with E-state index in [2.05, 4.69) is 117 Å². The van der Waals surface area contributed by atoms with Crippen molar-refractivity contribution in [1.29, 1.82) is 0 Å². The van der Waals surface area contributed by atoms with Crippen LogP contribution in [0, 0.1) is 5.41 Å². The van der Waals surface area contributed by atoms with Gasteiger partial charge in [-0.3, -0.25) is 0 Å². The van der Waals surface area contributed by atoms with Crippen LogP contribution in [0.4, 0.5) is 0 Å². The van der Waals surface area contributed by atoms with E-state index in [1.807, 2.05) is 12.2 Å². The molecule has 182 valence electrons. The van der Waals surface area contributed by atoms with Gasteiger partial charge in [-0.2, -0.15) is 0 Å². The summed E-state index contributed by atoms with van der Waals surface area (Å²) in [6.45, 7) is 15.0. The molecule has 0 aromatic heterocycles. The van der Waals surface area contributed by atoms with Gasteiger partial charge >= 0.3 is 213 Å². The number of hydrogen-bond donors (Lipinski definition) is 0. The zero-order chi connectivity index (χ0) is 23.9. The largest absolute Gasteiger partial charge is 1.00 e. The molecule has 0 heterocycles. The predicted octanol–water partition coefficient (Wildman–Crippen LogP) is 2.78. The first-order valence-electron chi connectivity index (χ1n) is 12.1. The number of benzene rings is 3. The first-order chi connectivity index (χ1) is 16.4. The molecule has 3 aromatic rings. The smallest absolute Gasteiger partial charge is 1.00 e. The molecule has 0 fully saturated rings. The Morgan fingerprint density at radius 3 is 1.81 bits per heavy atom. The molecule has 0 atom stereocenters. The summed E-state index contributed by atoms with van der Waals surface area (Å²) in [6, 6.07) is 24.9. The summed E-state index contributed by atoms with van der Waals surface area (Å²) in [4.78, 5) is 0. The molecule has 5 rings (SSSR count). The number of rotatable bonds is 5. The maximum absolute atomic E-state index is 4.02. The topological polar surface area (TPSA) is 0 Å². The fourth-order valence-electron chi connectivity index (χ4n) is 5.21. The molecule has 2 aliphatic carbocycles. The van der Waals surface area contributed by atoms with E-state index in [0.29, 0.717) is 3.63 Å². The first-order valence-corrected chi connectivity index (χ1v) is 16.2. The average Bonchev–Trinajstić information content (AvgIpc) is 3.46. The van der Waals surface area contributed by atoms with Crippen LogP contribution in [0.5, 0.6) is 0 Å². The second kappa shape index (κ2) is 11.6. The summed E-state index contributed by atoms with van der Waals surface area (Å²) in [7, 11) is 0. The van der Waals surface area contributed by atoms with Crippen molar-refractivity contribution in [2.45, 2.75) is 30.8 Å². The standard InChI is InChI=1S/C17H13.C9H13.C7H6.2ClH.Zr/c1-3-12-5-7-14-11-15-8-6-13(4-2)10-17(15)16(14)9-12;1-9(2,3)8-6-4-5-7-8;1-7-5-3-2-4-6-7;;;/h3-11H,1-2H2;6-7H,4H2,1-3H3;1-6H;2*1H;/q;;;;;+2/p-2. The van der Waals surface area contributed by atoms with Gasteiger partial charge in [-0.15, -0.1) is 0 Å². The maximum atomic E-state index is 4.02. The fraction of sp³-hybridized carbons (Fsp3) is 0.182. The third kappa shape index (κ3) is 5.45. The molecule has 3 aromatic carbocycles. The molecule has 0 bridgehead atoms. The molecule has 0 N–H and O–H groups in total. The summed E-state index contributed by atoms with van der Waals surface area (Å²) in [6.07, 6.45) is 10.1. The van der Waals surface area contributed by atoms with E-state index >= 15 is 0 Å². The van der Waals surface area contributed by atoms with Gasteiger partial charge < -0.3 is 24.8 Å². The molecule has 0 aliphatic heterocycles. The Kier molecular flexibility index (Phi) is 9.16. The Balaban J connectivity index is 0.00000180. The summed E-state index contributed by atoms with van der Waals surface area (Å²) in [5, 5.41) is 0. The molecule has 36 heavy (non-hydrogen) atoms. The molecule has 0 saturated heterocycles. The van der Waals surface area contributed by atoms with E-state index in [-0.39, 0.29) is 30.2 Å². The van der Waals surface area contributed by atoms with Gasteiger partial charge in [0.05, 0.1) is 0 Å². The molecular formula is C33H32Cl2Zr. The van der Waals surface area contributed by atoms with Crippen LogP contribution >= 0.6 is 0 Å². The van der Waals surface area contributed by atoms with Gasteiger partial charge in [0.15, 0.2) is 0 Å². The molecule has 0 saturated carbocycles. The maximum Gasteiger partial charge on any atom is -1.00 e. The third-order valence-corrected chi connectivity index (χ3v) is 14.4. The molecule has 0 amide bonds. The second-order valence-corrected chi connectivity index (χ2v) is 16.3. The molecule has 0 unspecified atom stereocenters. The number of halogens is 2. The van der Waals surface area contributed by atoms with Crippen LogP contribution in [-0.4, -0.2) is 3.71 Å². The van der Waals surface area contributed by atoms with Crippen LogP contribution in [0.15, 0.2) is 101 Å². The summed E-state index contributed by atoms with van der Waals surface area (Å²) >= 11 is -2.33. The monoisotopic (exact) mass is 588 g/mol. The van der Waals surface area contributed by atoms with Crippen LogP contribution < -0.4 is 24.8 Å². The van der Waals surface area contributed by atoms with Crippen LogP contribution in [0.1, 0.15) is 58.6 Å². The molecule has 0 nitrogen and oxygen atoms in total. The summed E-state index contributed by atoms with van der Waals surface area (Å²) < 4.78 is 4.85. The van der Waals surface area contributed by atoms with E-state index in [0.717, 1.165) is 6.42 Å². The van der Waals surface area contributed by atoms with Crippen molar-refractivity contribution in [3.63, 3.8) is 0 Å². The molecule has 2 aliphatic rings. The van der Waals surface area contributed by atoms with Crippen molar-refractivity contribution in [3.05, 3.63) is 129 Å². The Morgan fingerprint density at radius 2 is 1.33 bits per heavy atom. The average molecular weight is 591 g/mol. The minimum Gasteiger partial charge on any atom is -1.00 e. The Labute approximate surface area is 236 Å². The molecule has 0 radical (unpaired) electrons. The van der Waals surface area contributed by atoms with Crippen molar-refractivity contribution in [3.8, 4) is 11.1 Å². The molecule has 0 spiro atoms. The van der Waals surface area contributed by atoms with Gasteiger partial charge in [0.2, 0.25) is 0 Å². The first kappa shape index (κ1) is 28.5. The zero-order valence-electron chi connectivity index (χ0n) is 21.2. The van der Waals surface area contributed by atoms with Gasteiger partial charge in [-0.25, -0.2) is 0 Å². The van der Waals surface area contributed by atoms with Crippen LogP contribution in [0.25, 0.3) is 23.3 Å². The van der Waals surface area contributed by atoms with Gasteiger partial charge in [0.25, 0.3) is 0 Å². The second-order valence-electron chi connectivity index (χ2n) is 10.3. The van der Waals surface area contributed by atoms with Gasteiger partial charge in [0.1, 0.15) is 0 Å². The van der Waals surface area contributed by atoms with E-state index in [1.54, 1.807) is 3.28 Å². The number of fused-ring (bicyclic) bond motifs is 3. The molecular weight excluding hydrogens is 558 g/mol. The minimum atomic E-state index is -2.33. The fourth-order valence-corrected chi connectivity index (χ4v) is 12.9. The molecule has 3 heteroatoms. The number of hydrogen-bond acceptors (Lipinski definition) is 0. The minimum absolute atomic E-state index is 0. The van der Waals surface area contributed by atoms with Gasteiger partial charge in [-0.1, -0.05) is 0 Å². The van der Waals surface area contributed by atoms with E-state index < -0.39 is 21.3 Å².